The standard InChI is InChI=1S/C8H8N4O3/c1-15-8(14)6(13)4-2-5-7(9-3-4)11-12-10-5/h2-3,6,13H,1H3,(H,9,10,11,12). The molecule has 7 heteroatoms. The van der Waals surface area contributed by atoms with E-state index in [1.165, 1.54) is 19.4 Å². The number of nitrogens with zero attached hydrogens (tertiary/aromatic N) is 3. The maximum Gasteiger partial charge on any atom is 0.339 e. The van der Waals surface area contributed by atoms with Crippen molar-refractivity contribution in [2.75, 3.05) is 7.11 Å². The fraction of sp³-hybridized carbons (Fsp3) is 0.250. The van der Waals surface area contributed by atoms with Gasteiger partial charge in [0.25, 0.3) is 0 Å². The Morgan fingerprint density at radius 1 is 1.60 bits per heavy atom. The number of methoxy groups -OCH3 is 1. The van der Waals surface area contributed by atoms with E-state index in [1.807, 2.05) is 0 Å². The van der Waals surface area contributed by atoms with E-state index in [4.69, 9.17) is 0 Å². The van der Waals surface area contributed by atoms with Gasteiger partial charge in [-0.15, -0.1) is 5.10 Å². The number of carbonyl (C=O) groups is 1. The molecule has 0 aliphatic rings. The average molecular weight is 208 g/mol. The van der Waals surface area contributed by atoms with Gasteiger partial charge in [-0.05, 0) is 6.07 Å². The lowest BCUT2D eigenvalue weighted by atomic mass is 10.1. The van der Waals surface area contributed by atoms with Gasteiger partial charge in [-0.3, -0.25) is 0 Å². The summed E-state index contributed by atoms with van der Waals surface area (Å²) >= 11 is 0. The summed E-state index contributed by atoms with van der Waals surface area (Å²) in [5.74, 6) is -0.736. The van der Waals surface area contributed by atoms with Crippen LogP contribution in [0.4, 0.5) is 0 Å². The largest absolute Gasteiger partial charge is 0.467 e. The van der Waals surface area contributed by atoms with Crippen molar-refractivity contribution in [2.45, 2.75) is 6.10 Å². The molecule has 2 N–H and O–H groups in total. The number of aromatic amines is 1. The molecule has 78 valence electrons. The second-order valence-electron chi connectivity index (χ2n) is 2.86. The zero-order chi connectivity index (χ0) is 10.8. The molecule has 0 radical (unpaired) electrons. The number of aromatic nitrogens is 4. The number of ether oxygens (including phenoxy) is 1. The first kappa shape index (κ1) is 9.53. The minimum atomic E-state index is -1.34. The maximum atomic E-state index is 11.0. The Morgan fingerprint density at radius 2 is 2.40 bits per heavy atom. The lowest BCUT2D eigenvalue weighted by Gasteiger charge is -2.06. The lowest BCUT2D eigenvalue weighted by molar-refractivity contribution is -0.150. The number of hydrogen-bond donors (Lipinski definition) is 2. The molecule has 0 amide bonds. The normalized spacial score (nSPS) is 12.7. The monoisotopic (exact) mass is 208 g/mol. The van der Waals surface area contributed by atoms with Crippen molar-refractivity contribution in [2.24, 2.45) is 0 Å². The number of hydrogen-bond acceptors (Lipinski definition) is 6. The molecular formula is C8H8N4O3. The van der Waals surface area contributed by atoms with Crippen molar-refractivity contribution < 1.29 is 14.6 Å². The van der Waals surface area contributed by atoms with Crippen molar-refractivity contribution >= 4 is 17.1 Å². The van der Waals surface area contributed by atoms with Crippen LogP contribution in [0.25, 0.3) is 11.2 Å². The van der Waals surface area contributed by atoms with Gasteiger partial charge in [0.05, 0.1) is 7.11 Å². The van der Waals surface area contributed by atoms with Gasteiger partial charge in [0, 0.05) is 11.8 Å². The van der Waals surface area contributed by atoms with Crippen LogP contribution < -0.4 is 0 Å². The van der Waals surface area contributed by atoms with Crippen LogP contribution in [-0.2, 0) is 9.53 Å². The molecule has 0 bridgehead atoms. The molecule has 1 unspecified atom stereocenters. The molecular weight excluding hydrogens is 200 g/mol. The molecule has 0 aliphatic heterocycles. The summed E-state index contributed by atoms with van der Waals surface area (Å²) in [7, 11) is 1.20. The van der Waals surface area contributed by atoms with Gasteiger partial charge >= 0.3 is 5.97 Å². The number of pyridine rings is 1. The molecule has 0 aromatic carbocycles. The van der Waals surface area contributed by atoms with Gasteiger partial charge in [-0.25, -0.2) is 9.78 Å². The van der Waals surface area contributed by atoms with Crippen LogP contribution in [0.3, 0.4) is 0 Å². The van der Waals surface area contributed by atoms with E-state index in [0.29, 0.717) is 16.7 Å². The van der Waals surface area contributed by atoms with E-state index in [9.17, 15) is 9.90 Å². The molecule has 2 aromatic rings. The number of rotatable bonds is 2. The van der Waals surface area contributed by atoms with E-state index >= 15 is 0 Å². The fourth-order valence-corrected chi connectivity index (χ4v) is 1.15. The Morgan fingerprint density at radius 3 is 3.13 bits per heavy atom. The molecule has 0 saturated carbocycles. The average Bonchev–Trinajstić information content (AvgIpc) is 2.73. The summed E-state index contributed by atoms with van der Waals surface area (Å²) in [5.41, 5.74) is 1.23. The van der Waals surface area contributed by atoms with Crippen LogP contribution in [0.5, 0.6) is 0 Å². The fourth-order valence-electron chi connectivity index (χ4n) is 1.15. The molecule has 15 heavy (non-hydrogen) atoms. The Hall–Kier alpha value is -2.02. The highest BCUT2D eigenvalue weighted by molar-refractivity contribution is 5.78. The highest BCUT2D eigenvalue weighted by Crippen LogP contribution is 2.16. The van der Waals surface area contributed by atoms with E-state index in [2.05, 4.69) is 25.1 Å². The Kier molecular flexibility index (Phi) is 2.30. The minimum absolute atomic E-state index is 0.322. The summed E-state index contributed by atoms with van der Waals surface area (Å²) in [4.78, 5) is 14.9. The Bertz CT molecular complexity index is 495. The van der Waals surface area contributed by atoms with Crippen LogP contribution in [0.1, 0.15) is 11.7 Å². The number of carbonyl (C=O) groups excluding carboxylic acids is 1. The highest BCUT2D eigenvalue weighted by atomic mass is 16.5. The smallest absolute Gasteiger partial charge is 0.339 e. The predicted octanol–water partition coefficient (Wildman–Crippen LogP) is -0.441. The van der Waals surface area contributed by atoms with Crippen molar-refractivity contribution in [1.82, 2.24) is 20.4 Å². The summed E-state index contributed by atoms with van der Waals surface area (Å²) in [6.45, 7) is 0. The third-order valence-electron chi connectivity index (χ3n) is 1.93. The van der Waals surface area contributed by atoms with Crippen LogP contribution in [0.15, 0.2) is 12.3 Å². The minimum Gasteiger partial charge on any atom is -0.467 e. The first-order valence-electron chi connectivity index (χ1n) is 4.14. The van der Waals surface area contributed by atoms with Gasteiger partial charge in [0.1, 0.15) is 5.52 Å². The molecule has 2 heterocycles. The van der Waals surface area contributed by atoms with E-state index in [0.717, 1.165) is 0 Å². The van der Waals surface area contributed by atoms with Gasteiger partial charge in [-0.1, -0.05) is 0 Å². The number of fused-ring (bicyclic) bond motifs is 1. The molecule has 2 aromatic heterocycles. The van der Waals surface area contributed by atoms with Crippen molar-refractivity contribution in [3.63, 3.8) is 0 Å². The van der Waals surface area contributed by atoms with Gasteiger partial charge < -0.3 is 9.84 Å². The first-order chi connectivity index (χ1) is 7.22. The predicted molar refractivity (Wildman–Crippen MR) is 48.7 cm³/mol. The van der Waals surface area contributed by atoms with Gasteiger partial charge in [0.15, 0.2) is 6.10 Å². The Balaban J connectivity index is 2.39. The second kappa shape index (κ2) is 3.62. The molecule has 0 fully saturated rings. The van der Waals surface area contributed by atoms with E-state index in [-0.39, 0.29) is 0 Å². The molecule has 7 nitrogen and oxygen atoms in total. The van der Waals surface area contributed by atoms with Gasteiger partial charge in [-0.2, -0.15) is 10.3 Å². The summed E-state index contributed by atoms with van der Waals surface area (Å²) in [6, 6.07) is 1.52. The molecule has 1 atom stereocenters. The lowest BCUT2D eigenvalue weighted by Crippen LogP contribution is -2.13. The number of H-pyrrole nitrogens is 1. The third-order valence-corrected chi connectivity index (χ3v) is 1.93. The molecule has 2 rings (SSSR count). The number of esters is 1. The van der Waals surface area contributed by atoms with Crippen molar-refractivity contribution in [3.05, 3.63) is 17.8 Å². The topological polar surface area (TPSA) is 101 Å². The SMILES string of the molecule is COC(=O)C(O)c1cnc2n[nH]nc2c1. The quantitative estimate of drug-likeness (QED) is 0.649. The summed E-state index contributed by atoms with van der Waals surface area (Å²) < 4.78 is 4.40. The third kappa shape index (κ3) is 1.64. The van der Waals surface area contributed by atoms with Crippen molar-refractivity contribution in [1.29, 1.82) is 0 Å². The first-order valence-corrected chi connectivity index (χ1v) is 4.14. The molecule has 0 aliphatic carbocycles. The van der Waals surface area contributed by atoms with E-state index in [1.54, 1.807) is 0 Å². The number of aliphatic hydroxyl groups excluding tert-OH is 1. The van der Waals surface area contributed by atoms with Crippen LogP contribution in [0.2, 0.25) is 0 Å². The second-order valence-corrected chi connectivity index (χ2v) is 2.86. The zero-order valence-electron chi connectivity index (χ0n) is 7.84. The summed E-state index contributed by atoms with van der Waals surface area (Å²) in [6.07, 6.45) is 0.00972. The molecule has 0 spiro atoms. The number of aliphatic hydroxyl groups is 1. The van der Waals surface area contributed by atoms with Crippen LogP contribution >= 0.6 is 0 Å². The van der Waals surface area contributed by atoms with E-state index < -0.39 is 12.1 Å². The summed E-state index contributed by atoms with van der Waals surface area (Å²) in [5, 5.41) is 19.4. The van der Waals surface area contributed by atoms with Gasteiger partial charge in [0.2, 0.25) is 5.65 Å². The molecule has 0 saturated heterocycles. The maximum absolute atomic E-state index is 11.0. The van der Waals surface area contributed by atoms with Crippen molar-refractivity contribution in [3.8, 4) is 0 Å². The Labute approximate surface area is 84.1 Å². The van der Waals surface area contributed by atoms with Crippen LogP contribution in [0, 0.1) is 0 Å². The number of nitrogens with one attached hydrogen (secondary N) is 1. The van der Waals surface area contributed by atoms with Crippen LogP contribution in [-0.4, -0.2) is 38.6 Å². The highest BCUT2D eigenvalue weighted by Gasteiger charge is 2.19. The zero-order valence-corrected chi connectivity index (χ0v) is 7.84.